The van der Waals surface area contributed by atoms with Gasteiger partial charge in [0.1, 0.15) is 11.2 Å². The normalized spacial score (nSPS) is 12.0. The maximum absolute atomic E-state index is 6.31. The Morgan fingerprint density at radius 1 is 0.400 bits per heavy atom. The summed E-state index contributed by atoms with van der Waals surface area (Å²) in [6.07, 6.45) is 1.98. The Kier molecular flexibility index (Phi) is 4.96. The van der Waals surface area contributed by atoms with Gasteiger partial charge in [-0.1, -0.05) is 72.8 Å². The van der Waals surface area contributed by atoms with Crippen LogP contribution in [0, 0.1) is 0 Å². The maximum atomic E-state index is 6.31. The van der Waals surface area contributed by atoms with Gasteiger partial charge in [-0.2, -0.15) is 0 Å². The van der Waals surface area contributed by atoms with Crippen molar-refractivity contribution in [3.8, 4) is 22.6 Å². The van der Waals surface area contributed by atoms with Crippen LogP contribution in [0.15, 0.2) is 156 Å². The number of para-hydroxylation sites is 4. The highest BCUT2D eigenvalue weighted by molar-refractivity contribution is 6.11. The number of rotatable bonds is 3. The first-order valence-corrected chi connectivity index (χ1v) is 15.2. The molecule has 0 amide bonds. The van der Waals surface area contributed by atoms with Gasteiger partial charge in [0.2, 0.25) is 0 Å². The highest BCUT2D eigenvalue weighted by atomic mass is 16.3. The molecule has 0 atom stereocenters. The van der Waals surface area contributed by atoms with Gasteiger partial charge >= 0.3 is 0 Å². The molecule has 0 unspecified atom stereocenters. The van der Waals surface area contributed by atoms with Crippen LogP contribution in [0.1, 0.15) is 0 Å². The Morgan fingerprint density at radius 3 is 1.40 bits per heavy atom. The fraction of sp³-hybridized carbons (Fsp3) is 0. The van der Waals surface area contributed by atoms with Gasteiger partial charge in [-0.15, -0.1) is 0 Å². The van der Waals surface area contributed by atoms with E-state index in [0.717, 1.165) is 44.6 Å². The quantitative estimate of drug-likeness (QED) is 0.210. The molecule has 4 aromatic heterocycles. The average Bonchev–Trinajstić information content (AvgIpc) is 3.75. The van der Waals surface area contributed by atoms with Crippen molar-refractivity contribution in [3.63, 3.8) is 0 Å². The molecule has 0 N–H and O–H groups in total. The lowest BCUT2D eigenvalue weighted by Crippen LogP contribution is -1.95. The Balaban J connectivity index is 1.10. The molecular weight excluding hydrogens is 550 g/mol. The molecule has 4 heteroatoms. The van der Waals surface area contributed by atoms with E-state index in [4.69, 9.17) is 9.40 Å². The molecule has 10 aromatic rings. The molecule has 0 aliphatic heterocycles. The van der Waals surface area contributed by atoms with Crippen molar-refractivity contribution < 1.29 is 4.42 Å². The Hall–Kier alpha value is -6.13. The van der Waals surface area contributed by atoms with E-state index in [1.54, 1.807) is 0 Å². The van der Waals surface area contributed by atoms with Crippen molar-refractivity contribution >= 4 is 65.6 Å². The summed E-state index contributed by atoms with van der Waals surface area (Å²) in [7, 11) is 0. The third-order valence-electron chi connectivity index (χ3n) is 9.17. The second-order valence-corrected chi connectivity index (χ2v) is 11.6. The fourth-order valence-corrected chi connectivity index (χ4v) is 7.15. The standard InChI is InChI=1S/C41H25N3O/c1-5-13-36-29(9-1)30-10-2-6-14-37(30)43(36)27-19-22-41-34(24-27)33-23-26(17-21-40(33)45-41)35-20-18-28(25-42-35)44-38-15-7-3-11-31(38)32-12-4-8-16-39(32)44/h1-25H. The van der Waals surface area contributed by atoms with Crippen LogP contribution < -0.4 is 0 Å². The summed E-state index contributed by atoms with van der Waals surface area (Å²) in [5.74, 6) is 0. The van der Waals surface area contributed by atoms with Gasteiger partial charge in [-0.05, 0) is 72.8 Å². The third-order valence-corrected chi connectivity index (χ3v) is 9.17. The Bertz CT molecular complexity index is 2650. The number of aromatic nitrogens is 3. The summed E-state index contributed by atoms with van der Waals surface area (Å²) in [4.78, 5) is 4.96. The van der Waals surface area contributed by atoms with Gasteiger partial charge < -0.3 is 13.6 Å². The number of hydrogen-bond acceptors (Lipinski definition) is 2. The first-order valence-electron chi connectivity index (χ1n) is 15.2. The first kappa shape index (κ1) is 24.3. The van der Waals surface area contributed by atoms with Gasteiger partial charge in [0.25, 0.3) is 0 Å². The summed E-state index contributed by atoms with van der Waals surface area (Å²) in [6, 6.07) is 51.5. The number of nitrogens with zero attached hydrogens (tertiary/aromatic N) is 3. The topological polar surface area (TPSA) is 35.9 Å². The molecule has 0 aliphatic carbocycles. The highest BCUT2D eigenvalue weighted by Crippen LogP contribution is 2.37. The number of hydrogen-bond donors (Lipinski definition) is 0. The Morgan fingerprint density at radius 2 is 0.867 bits per heavy atom. The summed E-state index contributed by atoms with van der Waals surface area (Å²) >= 11 is 0. The van der Waals surface area contributed by atoms with Gasteiger partial charge in [0.05, 0.1) is 39.6 Å². The zero-order valence-corrected chi connectivity index (χ0v) is 24.2. The number of furan rings is 1. The minimum atomic E-state index is 0.870. The average molecular weight is 576 g/mol. The van der Waals surface area contributed by atoms with Crippen LogP contribution in [0.25, 0.3) is 88.2 Å². The van der Waals surface area contributed by atoms with Crippen molar-refractivity contribution in [1.29, 1.82) is 0 Å². The molecule has 45 heavy (non-hydrogen) atoms. The monoisotopic (exact) mass is 575 g/mol. The summed E-state index contributed by atoms with van der Waals surface area (Å²) < 4.78 is 11.0. The van der Waals surface area contributed by atoms with Crippen LogP contribution in [0.4, 0.5) is 0 Å². The highest BCUT2D eigenvalue weighted by Gasteiger charge is 2.16. The van der Waals surface area contributed by atoms with Crippen molar-refractivity contribution in [2.24, 2.45) is 0 Å². The minimum absolute atomic E-state index is 0.870. The summed E-state index contributed by atoms with van der Waals surface area (Å²) in [5.41, 5.74) is 10.6. The molecule has 0 aliphatic rings. The van der Waals surface area contributed by atoms with Crippen LogP contribution in [0.2, 0.25) is 0 Å². The SMILES string of the molecule is c1ccc2c(c1)c1ccccc1n2-c1ccc(-c2ccc3oc4ccc(-n5c6ccccc6c6ccccc65)cc4c3c2)nc1. The van der Waals surface area contributed by atoms with Crippen LogP contribution in [-0.2, 0) is 0 Å². The van der Waals surface area contributed by atoms with E-state index in [1.165, 1.54) is 43.6 Å². The van der Waals surface area contributed by atoms with Gasteiger partial charge in [0.15, 0.2) is 0 Å². The van der Waals surface area contributed by atoms with Gasteiger partial charge in [-0.25, -0.2) is 0 Å². The third kappa shape index (κ3) is 3.51. The fourth-order valence-electron chi connectivity index (χ4n) is 7.15. The van der Waals surface area contributed by atoms with Crippen LogP contribution in [0.5, 0.6) is 0 Å². The number of pyridine rings is 1. The molecule has 0 saturated heterocycles. The van der Waals surface area contributed by atoms with Crippen LogP contribution in [0.3, 0.4) is 0 Å². The van der Waals surface area contributed by atoms with Crippen molar-refractivity contribution in [3.05, 3.63) is 152 Å². The van der Waals surface area contributed by atoms with E-state index in [0.29, 0.717) is 0 Å². The van der Waals surface area contributed by atoms with Crippen LogP contribution >= 0.6 is 0 Å². The molecule has 0 radical (unpaired) electrons. The van der Waals surface area contributed by atoms with E-state index in [1.807, 2.05) is 6.20 Å². The lowest BCUT2D eigenvalue weighted by Gasteiger charge is -2.09. The van der Waals surface area contributed by atoms with E-state index in [9.17, 15) is 0 Å². The summed E-state index contributed by atoms with van der Waals surface area (Å²) in [6.45, 7) is 0. The zero-order chi connectivity index (χ0) is 29.5. The van der Waals surface area contributed by atoms with Gasteiger partial charge in [-0.3, -0.25) is 4.98 Å². The second kappa shape index (κ2) is 9.18. The van der Waals surface area contributed by atoms with Gasteiger partial charge in [0, 0.05) is 43.6 Å². The molecule has 0 fully saturated rings. The number of fused-ring (bicyclic) bond motifs is 9. The molecule has 10 rings (SSSR count). The Labute approximate surface area is 258 Å². The molecule has 0 bridgehead atoms. The lowest BCUT2D eigenvalue weighted by atomic mass is 10.1. The predicted molar refractivity (Wildman–Crippen MR) is 186 cm³/mol. The smallest absolute Gasteiger partial charge is 0.135 e. The van der Waals surface area contributed by atoms with Crippen molar-refractivity contribution in [2.45, 2.75) is 0 Å². The molecule has 6 aromatic carbocycles. The zero-order valence-electron chi connectivity index (χ0n) is 24.2. The lowest BCUT2D eigenvalue weighted by molar-refractivity contribution is 0.669. The van der Waals surface area contributed by atoms with Crippen molar-refractivity contribution in [2.75, 3.05) is 0 Å². The van der Waals surface area contributed by atoms with E-state index in [2.05, 4.69) is 155 Å². The first-order chi connectivity index (χ1) is 22.3. The summed E-state index contributed by atoms with van der Waals surface area (Å²) in [5, 5.41) is 7.17. The maximum Gasteiger partial charge on any atom is 0.135 e. The van der Waals surface area contributed by atoms with E-state index < -0.39 is 0 Å². The minimum Gasteiger partial charge on any atom is -0.456 e. The molecule has 0 saturated carbocycles. The molecule has 4 nitrogen and oxygen atoms in total. The molecule has 4 heterocycles. The largest absolute Gasteiger partial charge is 0.456 e. The van der Waals surface area contributed by atoms with Crippen molar-refractivity contribution in [1.82, 2.24) is 14.1 Å². The molecular formula is C41H25N3O. The van der Waals surface area contributed by atoms with Crippen LogP contribution in [-0.4, -0.2) is 14.1 Å². The molecule has 0 spiro atoms. The molecule has 210 valence electrons. The van der Waals surface area contributed by atoms with E-state index in [-0.39, 0.29) is 0 Å². The number of benzene rings is 6. The second-order valence-electron chi connectivity index (χ2n) is 11.6. The predicted octanol–water partition coefficient (Wildman–Crippen LogP) is 10.8. The van der Waals surface area contributed by atoms with E-state index >= 15 is 0 Å².